The van der Waals surface area contributed by atoms with Gasteiger partial charge in [0, 0.05) is 20.5 Å². The largest absolute Gasteiger partial charge is 0.342 e. The Morgan fingerprint density at radius 2 is 1.71 bits per heavy atom. The average molecular weight is 195 g/mol. The number of amides is 1. The van der Waals surface area contributed by atoms with Gasteiger partial charge in [0.1, 0.15) is 0 Å². The van der Waals surface area contributed by atoms with Crippen molar-refractivity contribution in [3.63, 3.8) is 0 Å². The van der Waals surface area contributed by atoms with Crippen LogP contribution in [0.3, 0.4) is 0 Å². The van der Waals surface area contributed by atoms with Crippen molar-refractivity contribution < 1.29 is 4.79 Å². The Labute approximate surface area is 87.3 Å². The van der Waals surface area contributed by atoms with Crippen LogP contribution in [0.5, 0.6) is 0 Å². The molecule has 0 N–H and O–H groups in total. The maximum absolute atomic E-state index is 10.8. The van der Waals surface area contributed by atoms with E-state index in [4.69, 9.17) is 0 Å². The standard InChI is InChI=1S/C12H21NO/c1-4-5-6-7-8-9-10-11-13(3)12(2)14/h5-6,9-10H,4,7-8,11H2,1-3H3/b6-5-,10-9+. The summed E-state index contributed by atoms with van der Waals surface area (Å²) in [6.07, 6.45) is 11.8. The fraction of sp³-hybridized carbons (Fsp3) is 0.583. The third kappa shape index (κ3) is 7.59. The van der Waals surface area contributed by atoms with Gasteiger partial charge in [-0.2, -0.15) is 0 Å². The van der Waals surface area contributed by atoms with E-state index in [0.29, 0.717) is 6.54 Å². The van der Waals surface area contributed by atoms with Crippen LogP contribution >= 0.6 is 0 Å². The van der Waals surface area contributed by atoms with E-state index in [-0.39, 0.29) is 5.91 Å². The molecule has 0 spiro atoms. The van der Waals surface area contributed by atoms with Gasteiger partial charge in [-0.25, -0.2) is 0 Å². The van der Waals surface area contributed by atoms with E-state index in [0.717, 1.165) is 19.3 Å². The number of carbonyl (C=O) groups is 1. The van der Waals surface area contributed by atoms with E-state index >= 15 is 0 Å². The molecule has 0 atom stereocenters. The minimum absolute atomic E-state index is 0.112. The molecule has 0 radical (unpaired) electrons. The molecule has 0 unspecified atom stereocenters. The van der Waals surface area contributed by atoms with Gasteiger partial charge in [0.05, 0.1) is 0 Å². The molecule has 0 aliphatic carbocycles. The van der Waals surface area contributed by atoms with Crippen molar-refractivity contribution in [2.24, 2.45) is 0 Å². The molecule has 0 fully saturated rings. The highest BCUT2D eigenvalue weighted by molar-refractivity contribution is 5.72. The smallest absolute Gasteiger partial charge is 0.219 e. The van der Waals surface area contributed by atoms with Crippen molar-refractivity contribution >= 4 is 5.91 Å². The Hall–Kier alpha value is -1.05. The molecule has 0 saturated carbocycles. The summed E-state index contributed by atoms with van der Waals surface area (Å²) in [6, 6.07) is 0. The van der Waals surface area contributed by atoms with E-state index in [9.17, 15) is 4.79 Å². The molecule has 2 nitrogen and oxygen atoms in total. The molecule has 0 aromatic heterocycles. The Morgan fingerprint density at radius 1 is 1.14 bits per heavy atom. The lowest BCUT2D eigenvalue weighted by molar-refractivity contribution is -0.127. The van der Waals surface area contributed by atoms with Crippen molar-refractivity contribution in [3.8, 4) is 0 Å². The maximum Gasteiger partial charge on any atom is 0.219 e. The second-order valence-corrected chi connectivity index (χ2v) is 3.33. The second-order valence-electron chi connectivity index (χ2n) is 3.33. The van der Waals surface area contributed by atoms with Crippen LogP contribution in [0.2, 0.25) is 0 Å². The van der Waals surface area contributed by atoms with Crippen LogP contribution in [-0.2, 0) is 4.79 Å². The third-order valence-electron chi connectivity index (χ3n) is 1.99. The number of rotatable bonds is 6. The van der Waals surface area contributed by atoms with Crippen LogP contribution in [0, 0.1) is 0 Å². The zero-order valence-electron chi connectivity index (χ0n) is 9.49. The predicted molar refractivity (Wildman–Crippen MR) is 61.1 cm³/mol. The molecule has 0 aromatic rings. The molecule has 1 amide bonds. The first-order valence-electron chi connectivity index (χ1n) is 5.20. The molecule has 2 heteroatoms. The summed E-state index contributed by atoms with van der Waals surface area (Å²) in [5, 5.41) is 0. The zero-order valence-corrected chi connectivity index (χ0v) is 9.49. The highest BCUT2D eigenvalue weighted by Crippen LogP contribution is 1.94. The summed E-state index contributed by atoms with van der Waals surface area (Å²) >= 11 is 0. The summed E-state index contributed by atoms with van der Waals surface area (Å²) in [5.74, 6) is 0.112. The first kappa shape index (κ1) is 12.9. The molecular weight excluding hydrogens is 174 g/mol. The number of nitrogens with zero attached hydrogens (tertiary/aromatic N) is 1. The highest BCUT2D eigenvalue weighted by Gasteiger charge is 1.96. The van der Waals surface area contributed by atoms with E-state index in [1.54, 1.807) is 11.8 Å². The number of carbonyl (C=O) groups excluding carboxylic acids is 1. The van der Waals surface area contributed by atoms with Crippen molar-refractivity contribution in [2.45, 2.75) is 33.1 Å². The topological polar surface area (TPSA) is 20.3 Å². The van der Waals surface area contributed by atoms with Crippen molar-refractivity contribution in [2.75, 3.05) is 13.6 Å². The van der Waals surface area contributed by atoms with E-state index < -0.39 is 0 Å². The van der Waals surface area contributed by atoms with Crippen molar-refractivity contribution in [1.82, 2.24) is 4.90 Å². The lowest BCUT2D eigenvalue weighted by Crippen LogP contribution is -2.23. The zero-order chi connectivity index (χ0) is 10.8. The van der Waals surface area contributed by atoms with Gasteiger partial charge in [-0.1, -0.05) is 31.2 Å². The molecule has 0 rings (SSSR count). The summed E-state index contributed by atoms with van der Waals surface area (Å²) < 4.78 is 0. The minimum Gasteiger partial charge on any atom is -0.342 e. The van der Waals surface area contributed by atoms with Crippen LogP contribution in [0.15, 0.2) is 24.3 Å². The minimum atomic E-state index is 0.112. The van der Waals surface area contributed by atoms with Gasteiger partial charge in [0.2, 0.25) is 5.91 Å². The van der Waals surface area contributed by atoms with E-state index in [1.165, 1.54) is 0 Å². The van der Waals surface area contributed by atoms with Crippen molar-refractivity contribution in [1.29, 1.82) is 0 Å². The summed E-state index contributed by atoms with van der Waals surface area (Å²) in [5.41, 5.74) is 0. The SMILES string of the molecule is CC/C=C\CC/C=C/CN(C)C(C)=O. The second kappa shape index (κ2) is 8.54. The summed E-state index contributed by atoms with van der Waals surface area (Å²) in [6.45, 7) is 4.43. The maximum atomic E-state index is 10.8. The van der Waals surface area contributed by atoms with Crippen LogP contribution in [-0.4, -0.2) is 24.4 Å². The van der Waals surface area contributed by atoms with E-state index in [2.05, 4.69) is 25.2 Å². The number of hydrogen-bond acceptors (Lipinski definition) is 1. The molecule has 0 aromatic carbocycles. The molecule has 0 aliphatic heterocycles. The monoisotopic (exact) mass is 195 g/mol. The fourth-order valence-electron chi connectivity index (χ4n) is 0.956. The number of hydrogen-bond donors (Lipinski definition) is 0. The van der Waals surface area contributed by atoms with Gasteiger partial charge in [0.15, 0.2) is 0 Å². The highest BCUT2D eigenvalue weighted by atomic mass is 16.2. The Morgan fingerprint density at radius 3 is 2.21 bits per heavy atom. The van der Waals surface area contributed by atoms with Crippen molar-refractivity contribution in [3.05, 3.63) is 24.3 Å². The van der Waals surface area contributed by atoms with Gasteiger partial charge in [0.25, 0.3) is 0 Å². The van der Waals surface area contributed by atoms with Gasteiger partial charge in [-0.3, -0.25) is 4.79 Å². The van der Waals surface area contributed by atoms with Crippen LogP contribution in [0.25, 0.3) is 0 Å². The first-order chi connectivity index (χ1) is 6.68. The average Bonchev–Trinajstić information content (AvgIpc) is 2.16. The number of allylic oxidation sites excluding steroid dienone is 3. The molecule has 0 bridgehead atoms. The summed E-state index contributed by atoms with van der Waals surface area (Å²) in [7, 11) is 1.81. The molecule has 14 heavy (non-hydrogen) atoms. The lowest BCUT2D eigenvalue weighted by Gasteiger charge is -2.10. The van der Waals surface area contributed by atoms with Crippen LogP contribution < -0.4 is 0 Å². The van der Waals surface area contributed by atoms with Gasteiger partial charge in [-0.15, -0.1) is 0 Å². The van der Waals surface area contributed by atoms with Gasteiger partial charge < -0.3 is 4.90 Å². The molecular formula is C12H21NO. The Kier molecular flexibility index (Phi) is 7.90. The summed E-state index contributed by atoms with van der Waals surface area (Å²) in [4.78, 5) is 12.5. The first-order valence-corrected chi connectivity index (χ1v) is 5.20. The Bertz CT molecular complexity index is 206. The molecule has 80 valence electrons. The lowest BCUT2D eigenvalue weighted by atomic mass is 10.2. The van der Waals surface area contributed by atoms with E-state index in [1.807, 2.05) is 13.1 Å². The molecule has 0 heterocycles. The quantitative estimate of drug-likeness (QED) is 0.471. The van der Waals surface area contributed by atoms with Crippen LogP contribution in [0.4, 0.5) is 0 Å². The third-order valence-corrected chi connectivity index (χ3v) is 1.99. The van der Waals surface area contributed by atoms with Gasteiger partial charge >= 0.3 is 0 Å². The molecule has 0 aliphatic rings. The molecule has 0 saturated heterocycles. The predicted octanol–water partition coefficient (Wildman–Crippen LogP) is 2.77. The normalized spacial score (nSPS) is 11.4. The number of likely N-dealkylation sites (N-methyl/N-ethyl adjacent to an activating group) is 1. The fourth-order valence-corrected chi connectivity index (χ4v) is 0.956. The number of unbranched alkanes of at least 4 members (excludes halogenated alkanes) is 1. The Balaban J connectivity index is 3.45. The van der Waals surface area contributed by atoms with Gasteiger partial charge in [-0.05, 0) is 19.3 Å². The van der Waals surface area contributed by atoms with Crippen LogP contribution in [0.1, 0.15) is 33.1 Å².